The molecule has 0 unspecified atom stereocenters. The molecule has 5 heteroatoms. The maximum Gasteiger partial charge on any atom is 0.338 e. The molecular weight excluding hydrogens is 258 g/mol. The summed E-state index contributed by atoms with van der Waals surface area (Å²) in [4.78, 5) is 16.6. The molecule has 0 amide bonds. The summed E-state index contributed by atoms with van der Waals surface area (Å²) in [5.41, 5.74) is 0.460. The normalized spacial score (nSPS) is 15.6. The van der Waals surface area contributed by atoms with Crippen LogP contribution in [0.25, 0.3) is 0 Å². The first-order valence-corrected chi connectivity index (χ1v) is 6.60. The van der Waals surface area contributed by atoms with Crippen molar-refractivity contribution in [2.45, 2.75) is 32.5 Å². The van der Waals surface area contributed by atoms with Gasteiger partial charge in [0.05, 0.1) is 17.9 Å². The lowest BCUT2D eigenvalue weighted by atomic mass is 9.97. The monoisotopic (exact) mass is 279 g/mol. The highest BCUT2D eigenvalue weighted by molar-refractivity contribution is 5.90. The number of hydrogen-bond acceptors (Lipinski definition) is 5. The van der Waals surface area contributed by atoms with Crippen molar-refractivity contribution in [3.63, 3.8) is 0 Å². The Morgan fingerprint density at radius 3 is 2.60 bits per heavy atom. The summed E-state index contributed by atoms with van der Waals surface area (Å²) in [5, 5.41) is 13.5. The standard InChI is InChI=1S/C15H21NO4/c1-4-13(17)11(2)14(10-16-19-3)20-15(18)12-8-6-5-7-9-12/h5-11,13-14,17H,4H2,1-3H3/t11-,13+,14+/m1/s1. The van der Waals surface area contributed by atoms with E-state index in [1.165, 1.54) is 13.3 Å². The summed E-state index contributed by atoms with van der Waals surface area (Å²) in [6.07, 6.45) is 0.746. The molecule has 0 bridgehead atoms. The predicted octanol–water partition coefficient (Wildman–Crippen LogP) is 2.25. The third kappa shape index (κ3) is 4.66. The van der Waals surface area contributed by atoms with E-state index in [2.05, 4.69) is 9.99 Å². The molecule has 3 atom stereocenters. The number of oxime groups is 1. The predicted molar refractivity (Wildman–Crippen MR) is 76.6 cm³/mol. The topological polar surface area (TPSA) is 68.1 Å². The third-order valence-electron chi connectivity index (χ3n) is 3.11. The number of aliphatic hydroxyl groups is 1. The number of rotatable bonds is 7. The van der Waals surface area contributed by atoms with E-state index >= 15 is 0 Å². The van der Waals surface area contributed by atoms with Crippen LogP contribution in [-0.2, 0) is 9.57 Å². The average molecular weight is 279 g/mol. The number of carbonyl (C=O) groups is 1. The van der Waals surface area contributed by atoms with Crippen LogP contribution in [-0.4, -0.2) is 36.6 Å². The van der Waals surface area contributed by atoms with Crippen LogP contribution in [0.15, 0.2) is 35.5 Å². The molecule has 0 aromatic heterocycles. The van der Waals surface area contributed by atoms with Gasteiger partial charge in [-0.15, -0.1) is 0 Å². The summed E-state index contributed by atoms with van der Waals surface area (Å²) in [6.45, 7) is 3.67. The number of aliphatic hydroxyl groups excluding tert-OH is 1. The Hall–Kier alpha value is -1.88. The van der Waals surface area contributed by atoms with Crippen molar-refractivity contribution >= 4 is 12.2 Å². The molecule has 5 nitrogen and oxygen atoms in total. The van der Waals surface area contributed by atoms with E-state index in [-0.39, 0.29) is 5.92 Å². The Morgan fingerprint density at radius 2 is 2.05 bits per heavy atom. The molecule has 0 saturated heterocycles. The van der Waals surface area contributed by atoms with Crippen LogP contribution in [0.1, 0.15) is 30.6 Å². The van der Waals surface area contributed by atoms with Gasteiger partial charge >= 0.3 is 5.97 Å². The molecule has 0 radical (unpaired) electrons. The van der Waals surface area contributed by atoms with Crippen LogP contribution < -0.4 is 0 Å². The van der Waals surface area contributed by atoms with Crippen molar-refractivity contribution < 1.29 is 19.5 Å². The highest BCUT2D eigenvalue weighted by atomic mass is 16.6. The Bertz CT molecular complexity index is 433. The molecule has 0 aliphatic heterocycles. The van der Waals surface area contributed by atoms with Crippen LogP contribution in [0, 0.1) is 5.92 Å². The van der Waals surface area contributed by atoms with Crippen LogP contribution in [0.5, 0.6) is 0 Å². The van der Waals surface area contributed by atoms with E-state index in [1.54, 1.807) is 31.2 Å². The number of hydrogen-bond donors (Lipinski definition) is 1. The third-order valence-corrected chi connectivity index (χ3v) is 3.11. The number of nitrogens with zero attached hydrogens (tertiary/aromatic N) is 1. The molecule has 0 spiro atoms. The van der Waals surface area contributed by atoms with Gasteiger partial charge in [-0.25, -0.2) is 4.79 Å². The Morgan fingerprint density at radius 1 is 1.40 bits per heavy atom. The van der Waals surface area contributed by atoms with E-state index in [1.807, 2.05) is 13.0 Å². The van der Waals surface area contributed by atoms with Crippen LogP contribution >= 0.6 is 0 Å². The van der Waals surface area contributed by atoms with Gasteiger partial charge in [0.15, 0.2) is 0 Å². The van der Waals surface area contributed by atoms with E-state index in [0.29, 0.717) is 12.0 Å². The summed E-state index contributed by atoms with van der Waals surface area (Å²) >= 11 is 0. The minimum absolute atomic E-state index is 0.272. The second-order valence-electron chi connectivity index (χ2n) is 4.51. The van der Waals surface area contributed by atoms with Gasteiger partial charge in [0, 0.05) is 5.92 Å². The molecular formula is C15H21NO4. The molecule has 1 aromatic rings. The number of carbonyl (C=O) groups excluding carboxylic acids is 1. The lowest BCUT2D eigenvalue weighted by molar-refractivity contribution is 0.00931. The smallest absolute Gasteiger partial charge is 0.338 e. The van der Waals surface area contributed by atoms with Gasteiger partial charge in [-0.1, -0.05) is 37.2 Å². The summed E-state index contributed by atoms with van der Waals surface area (Å²) in [7, 11) is 1.41. The van der Waals surface area contributed by atoms with Crippen molar-refractivity contribution in [1.82, 2.24) is 0 Å². The van der Waals surface area contributed by atoms with Gasteiger partial charge in [0.25, 0.3) is 0 Å². The molecule has 0 aliphatic rings. The SMILES string of the molecule is CC[C@H](O)[C@@H](C)[C@H](C=NOC)OC(=O)c1ccccc1. The minimum Gasteiger partial charge on any atom is -0.452 e. The fourth-order valence-corrected chi connectivity index (χ4v) is 1.75. The Labute approximate surface area is 119 Å². The van der Waals surface area contributed by atoms with Gasteiger partial charge in [-0.05, 0) is 18.6 Å². The first-order chi connectivity index (χ1) is 9.60. The molecule has 1 rings (SSSR count). The fourth-order valence-electron chi connectivity index (χ4n) is 1.75. The molecule has 20 heavy (non-hydrogen) atoms. The zero-order valence-corrected chi connectivity index (χ0v) is 12.0. The number of ether oxygens (including phenoxy) is 1. The second kappa shape index (κ2) is 8.32. The molecule has 0 saturated carbocycles. The average Bonchev–Trinajstić information content (AvgIpc) is 2.50. The van der Waals surface area contributed by atoms with Gasteiger partial charge in [-0.2, -0.15) is 0 Å². The maximum atomic E-state index is 12.0. The summed E-state index contributed by atoms with van der Waals surface area (Å²) in [6, 6.07) is 8.70. The fraction of sp³-hybridized carbons (Fsp3) is 0.467. The molecule has 0 fully saturated rings. The minimum atomic E-state index is -0.641. The van der Waals surface area contributed by atoms with Crippen molar-refractivity contribution in [2.75, 3.05) is 7.11 Å². The summed E-state index contributed by atoms with van der Waals surface area (Å²) < 4.78 is 5.40. The van der Waals surface area contributed by atoms with E-state index in [4.69, 9.17) is 4.74 Å². The highest BCUT2D eigenvalue weighted by Gasteiger charge is 2.26. The first-order valence-electron chi connectivity index (χ1n) is 6.60. The van der Waals surface area contributed by atoms with Gasteiger partial charge in [0.1, 0.15) is 13.2 Å². The van der Waals surface area contributed by atoms with E-state index < -0.39 is 18.2 Å². The van der Waals surface area contributed by atoms with E-state index in [0.717, 1.165) is 0 Å². The molecule has 0 heterocycles. The van der Waals surface area contributed by atoms with Crippen molar-refractivity contribution in [2.24, 2.45) is 11.1 Å². The molecule has 110 valence electrons. The van der Waals surface area contributed by atoms with E-state index in [9.17, 15) is 9.90 Å². The lowest BCUT2D eigenvalue weighted by Gasteiger charge is -2.24. The second-order valence-corrected chi connectivity index (χ2v) is 4.51. The largest absolute Gasteiger partial charge is 0.452 e. The van der Waals surface area contributed by atoms with Gasteiger partial charge in [-0.3, -0.25) is 0 Å². The molecule has 1 N–H and O–H groups in total. The zero-order valence-electron chi connectivity index (χ0n) is 12.0. The molecule has 0 aliphatic carbocycles. The lowest BCUT2D eigenvalue weighted by Crippen LogP contribution is -2.34. The molecule has 1 aromatic carbocycles. The first kappa shape index (κ1) is 16.2. The van der Waals surface area contributed by atoms with Gasteiger partial charge < -0.3 is 14.7 Å². The number of benzene rings is 1. The summed E-state index contributed by atoms with van der Waals surface area (Å²) in [5.74, 6) is -0.722. The zero-order chi connectivity index (χ0) is 15.0. The van der Waals surface area contributed by atoms with Crippen LogP contribution in [0.2, 0.25) is 0 Å². The van der Waals surface area contributed by atoms with Crippen molar-refractivity contribution in [3.05, 3.63) is 35.9 Å². The van der Waals surface area contributed by atoms with Crippen molar-refractivity contribution in [1.29, 1.82) is 0 Å². The Balaban J connectivity index is 2.79. The maximum absolute atomic E-state index is 12.0. The van der Waals surface area contributed by atoms with Gasteiger partial charge in [0.2, 0.25) is 0 Å². The Kier molecular flexibility index (Phi) is 6.73. The van der Waals surface area contributed by atoms with Crippen LogP contribution in [0.4, 0.5) is 0 Å². The highest BCUT2D eigenvalue weighted by Crippen LogP contribution is 2.15. The van der Waals surface area contributed by atoms with Crippen LogP contribution in [0.3, 0.4) is 0 Å². The number of esters is 1. The van der Waals surface area contributed by atoms with Crippen molar-refractivity contribution in [3.8, 4) is 0 Å². The quantitative estimate of drug-likeness (QED) is 0.472.